The SMILES string of the molecule is COC(=O)C(C(=O)OC)C(/C=C/c1ccc(F)cc1)c1ccc(F)cc1. The van der Waals surface area contributed by atoms with Gasteiger partial charge in [0.25, 0.3) is 0 Å². The fraction of sp³-hybridized carbons (Fsp3) is 0.200. The van der Waals surface area contributed by atoms with Crippen LogP contribution in [-0.2, 0) is 19.1 Å². The van der Waals surface area contributed by atoms with E-state index < -0.39 is 29.6 Å². The maximum atomic E-state index is 13.3. The lowest BCUT2D eigenvalue weighted by Crippen LogP contribution is -2.31. The zero-order chi connectivity index (χ0) is 19.1. The standard InChI is InChI=1S/C20H18F2O4/c1-25-19(23)18(20(24)26-2)17(14-6-10-16(22)11-7-14)12-5-13-3-8-15(21)9-4-13/h3-12,17-18H,1-2H3/b12-5+. The van der Waals surface area contributed by atoms with Crippen LogP contribution in [0.4, 0.5) is 8.78 Å². The van der Waals surface area contributed by atoms with Crippen LogP contribution in [0.3, 0.4) is 0 Å². The summed E-state index contributed by atoms with van der Waals surface area (Å²) in [5.41, 5.74) is 1.21. The van der Waals surface area contributed by atoms with Gasteiger partial charge in [0.15, 0.2) is 5.92 Å². The maximum absolute atomic E-state index is 13.3. The average molecular weight is 360 g/mol. The van der Waals surface area contributed by atoms with Gasteiger partial charge < -0.3 is 9.47 Å². The summed E-state index contributed by atoms with van der Waals surface area (Å²) in [6.45, 7) is 0. The predicted molar refractivity (Wildman–Crippen MR) is 92.1 cm³/mol. The van der Waals surface area contributed by atoms with E-state index in [1.54, 1.807) is 24.3 Å². The van der Waals surface area contributed by atoms with Crippen molar-refractivity contribution in [3.8, 4) is 0 Å². The second-order valence-corrected chi connectivity index (χ2v) is 5.51. The first-order chi connectivity index (χ1) is 12.5. The normalized spacial score (nSPS) is 12.2. The molecule has 0 amide bonds. The highest BCUT2D eigenvalue weighted by molar-refractivity contribution is 5.96. The third-order valence-electron chi connectivity index (χ3n) is 3.89. The number of hydrogen-bond donors (Lipinski definition) is 0. The van der Waals surface area contributed by atoms with Gasteiger partial charge >= 0.3 is 11.9 Å². The number of halogens is 2. The van der Waals surface area contributed by atoms with Crippen LogP contribution in [-0.4, -0.2) is 26.2 Å². The van der Waals surface area contributed by atoms with E-state index in [1.807, 2.05) is 0 Å². The molecule has 6 heteroatoms. The van der Waals surface area contributed by atoms with Gasteiger partial charge in [0.05, 0.1) is 14.2 Å². The predicted octanol–water partition coefficient (Wildman–Crippen LogP) is 3.72. The molecule has 0 aromatic heterocycles. The van der Waals surface area contributed by atoms with Gasteiger partial charge in [-0.2, -0.15) is 0 Å². The van der Waals surface area contributed by atoms with E-state index >= 15 is 0 Å². The zero-order valence-corrected chi connectivity index (χ0v) is 14.3. The van der Waals surface area contributed by atoms with Crippen molar-refractivity contribution in [3.05, 3.63) is 77.4 Å². The van der Waals surface area contributed by atoms with Crippen molar-refractivity contribution < 1.29 is 27.8 Å². The third-order valence-corrected chi connectivity index (χ3v) is 3.89. The Kier molecular flexibility index (Phi) is 6.60. The fourth-order valence-electron chi connectivity index (χ4n) is 2.53. The summed E-state index contributed by atoms with van der Waals surface area (Å²) in [6.07, 6.45) is 3.26. The Bertz CT molecular complexity index is 766. The number of allylic oxidation sites excluding steroid dienone is 1. The largest absolute Gasteiger partial charge is 0.468 e. The van der Waals surface area contributed by atoms with Crippen molar-refractivity contribution >= 4 is 18.0 Å². The number of carbonyl (C=O) groups is 2. The first kappa shape index (κ1) is 19.3. The molecule has 0 aliphatic rings. The minimum atomic E-state index is -1.26. The van der Waals surface area contributed by atoms with Gasteiger partial charge in [-0.3, -0.25) is 9.59 Å². The number of carbonyl (C=O) groups excluding carboxylic acids is 2. The summed E-state index contributed by atoms with van der Waals surface area (Å²) in [5.74, 6) is -4.36. The highest BCUT2D eigenvalue weighted by atomic mass is 19.1. The molecule has 26 heavy (non-hydrogen) atoms. The van der Waals surface area contributed by atoms with Crippen molar-refractivity contribution in [1.29, 1.82) is 0 Å². The zero-order valence-electron chi connectivity index (χ0n) is 14.3. The highest BCUT2D eigenvalue weighted by Gasteiger charge is 2.36. The van der Waals surface area contributed by atoms with Crippen LogP contribution in [0.5, 0.6) is 0 Å². The smallest absolute Gasteiger partial charge is 0.321 e. The molecule has 0 heterocycles. The molecule has 0 saturated carbocycles. The molecule has 4 nitrogen and oxygen atoms in total. The number of esters is 2. The lowest BCUT2D eigenvalue weighted by molar-refractivity contribution is -0.159. The number of hydrogen-bond acceptors (Lipinski definition) is 4. The van der Waals surface area contributed by atoms with E-state index in [0.29, 0.717) is 11.1 Å². The molecule has 0 bridgehead atoms. The van der Waals surface area contributed by atoms with E-state index in [4.69, 9.17) is 9.47 Å². The van der Waals surface area contributed by atoms with Crippen molar-refractivity contribution in [2.45, 2.75) is 5.92 Å². The quantitative estimate of drug-likeness (QED) is 0.582. The number of benzene rings is 2. The minimum Gasteiger partial charge on any atom is -0.468 e. The van der Waals surface area contributed by atoms with E-state index in [2.05, 4.69) is 0 Å². The molecule has 1 atom stereocenters. The van der Waals surface area contributed by atoms with Gasteiger partial charge in [0.1, 0.15) is 11.6 Å². The maximum Gasteiger partial charge on any atom is 0.321 e. The second-order valence-electron chi connectivity index (χ2n) is 5.51. The molecular weight excluding hydrogens is 342 g/mol. The molecule has 2 aromatic carbocycles. The van der Waals surface area contributed by atoms with Crippen LogP contribution in [0.2, 0.25) is 0 Å². The number of ether oxygens (including phenoxy) is 2. The Morgan fingerprint density at radius 2 is 1.31 bits per heavy atom. The molecule has 0 fully saturated rings. The Balaban J connectivity index is 2.46. The Morgan fingerprint density at radius 3 is 1.77 bits per heavy atom. The monoisotopic (exact) mass is 360 g/mol. The van der Waals surface area contributed by atoms with Gasteiger partial charge in [0, 0.05) is 5.92 Å². The fourth-order valence-corrected chi connectivity index (χ4v) is 2.53. The Labute approximate surface area is 150 Å². The van der Waals surface area contributed by atoms with Crippen LogP contribution in [0.25, 0.3) is 6.08 Å². The third kappa shape index (κ3) is 4.75. The van der Waals surface area contributed by atoms with Crippen molar-refractivity contribution in [1.82, 2.24) is 0 Å². The molecular formula is C20H18F2O4. The second kappa shape index (κ2) is 8.89. The lowest BCUT2D eigenvalue weighted by atomic mass is 9.85. The summed E-state index contributed by atoms with van der Waals surface area (Å²) in [6, 6.07) is 11.1. The number of methoxy groups -OCH3 is 2. The summed E-state index contributed by atoms with van der Waals surface area (Å²) < 4.78 is 35.8. The highest BCUT2D eigenvalue weighted by Crippen LogP contribution is 2.29. The van der Waals surface area contributed by atoms with Crippen LogP contribution in [0.15, 0.2) is 54.6 Å². The molecule has 0 aliphatic heterocycles. The molecule has 0 aliphatic carbocycles. The van der Waals surface area contributed by atoms with E-state index in [-0.39, 0.29) is 5.82 Å². The number of rotatable bonds is 6. The first-order valence-corrected chi connectivity index (χ1v) is 7.81. The van der Waals surface area contributed by atoms with E-state index in [9.17, 15) is 18.4 Å². The molecule has 136 valence electrons. The Morgan fingerprint density at radius 1 is 0.846 bits per heavy atom. The summed E-state index contributed by atoms with van der Waals surface area (Å²) in [7, 11) is 2.34. The van der Waals surface area contributed by atoms with Gasteiger partial charge in [-0.15, -0.1) is 0 Å². The topological polar surface area (TPSA) is 52.6 Å². The van der Waals surface area contributed by atoms with Crippen LogP contribution in [0, 0.1) is 17.6 Å². The molecule has 2 aromatic rings. The molecule has 2 rings (SSSR count). The van der Waals surface area contributed by atoms with Gasteiger partial charge in [0.2, 0.25) is 0 Å². The van der Waals surface area contributed by atoms with Gasteiger partial charge in [-0.1, -0.05) is 36.4 Å². The van der Waals surface area contributed by atoms with Crippen molar-refractivity contribution in [2.75, 3.05) is 14.2 Å². The molecule has 0 saturated heterocycles. The molecule has 0 N–H and O–H groups in total. The molecule has 0 radical (unpaired) electrons. The van der Waals surface area contributed by atoms with Crippen molar-refractivity contribution in [3.63, 3.8) is 0 Å². The first-order valence-electron chi connectivity index (χ1n) is 7.81. The molecule has 1 unspecified atom stereocenters. The summed E-state index contributed by atoms with van der Waals surface area (Å²) in [5, 5.41) is 0. The van der Waals surface area contributed by atoms with Crippen LogP contribution in [0.1, 0.15) is 17.0 Å². The lowest BCUT2D eigenvalue weighted by Gasteiger charge is -2.21. The van der Waals surface area contributed by atoms with E-state index in [0.717, 1.165) is 0 Å². The Hall–Kier alpha value is -3.02. The molecule has 0 spiro atoms. The van der Waals surface area contributed by atoms with Crippen LogP contribution < -0.4 is 0 Å². The van der Waals surface area contributed by atoms with Gasteiger partial charge in [-0.25, -0.2) is 8.78 Å². The van der Waals surface area contributed by atoms with E-state index in [1.165, 1.54) is 50.6 Å². The summed E-state index contributed by atoms with van der Waals surface area (Å²) in [4.78, 5) is 24.3. The summed E-state index contributed by atoms with van der Waals surface area (Å²) >= 11 is 0. The average Bonchev–Trinajstić information content (AvgIpc) is 2.66. The minimum absolute atomic E-state index is 0.376. The van der Waals surface area contributed by atoms with Gasteiger partial charge in [-0.05, 0) is 35.4 Å². The van der Waals surface area contributed by atoms with Crippen LogP contribution >= 0.6 is 0 Å². The van der Waals surface area contributed by atoms with Crippen molar-refractivity contribution in [2.24, 2.45) is 5.92 Å².